The van der Waals surface area contributed by atoms with Crippen LogP contribution >= 0.6 is 23.5 Å². The lowest BCUT2D eigenvalue weighted by molar-refractivity contribution is -0.138. The van der Waals surface area contributed by atoms with Crippen LogP contribution in [0.3, 0.4) is 0 Å². The van der Waals surface area contributed by atoms with E-state index in [1.54, 1.807) is 38.1 Å². The highest BCUT2D eigenvalue weighted by atomic mass is 32.2. The smallest absolute Gasteiger partial charge is 0.319 e. The van der Waals surface area contributed by atoms with Gasteiger partial charge in [0.15, 0.2) is 5.78 Å². The zero-order valence-electron chi connectivity index (χ0n) is 15.9. The molecule has 1 aliphatic rings. The maximum absolute atomic E-state index is 13.0. The number of halogens is 1. The summed E-state index contributed by atoms with van der Waals surface area (Å²) in [6, 6.07) is 12.9. The Hall–Kier alpha value is -2.32. The number of rotatable bonds is 7. The molecule has 0 bridgehead atoms. The van der Waals surface area contributed by atoms with Crippen LogP contribution in [0, 0.1) is 5.82 Å². The van der Waals surface area contributed by atoms with Gasteiger partial charge in [0.2, 0.25) is 0 Å². The fourth-order valence-corrected chi connectivity index (χ4v) is 5.00. The number of carbonyl (C=O) groups excluding carboxylic acids is 1. The fraction of sp³-hybridized carbons (Fsp3) is 0.286. The van der Waals surface area contributed by atoms with Crippen LogP contribution in [0.4, 0.5) is 4.39 Å². The van der Waals surface area contributed by atoms with Crippen LogP contribution in [0.5, 0.6) is 5.75 Å². The summed E-state index contributed by atoms with van der Waals surface area (Å²) < 4.78 is 18.2. The number of hydrogen-bond donors (Lipinski definition) is 1. The van der Waals surface area contributed by atoms with Crippen LogP contribution in [0.1, 0.15) is 13.8 Å². The molecule has 1 aliphatic heterocycles. The minimum atomic E-state index is -0.994. The highest BCUT2D eigenvalue weighted by Crippen LogP contribution is 2.35. The van der Waals surface area contributed by atoms with Gasteiger partial charge in [-0.1, -0.05) is 47.8 Å². The number of carbonyl (C=O) groups is 2. The topological polar surface area (TPSA) is 76.0 Å². The summed E-state index contributed by atoms with van der Waals surface area (Å²) in [5.74, 6) is -0.311. The third-order valence-corrected chi connectivity index (χ3v) is 6.67. The van der Waals surface area contributed by atoms with E-state index < -0.39 is 16.8 Å². The summed E-state index contributed by atoms with van der Waals surface area (Å²) in [5.41, 5.74) is 1.81. The first-order valence-corrected chi connectivity index (χ1v) is 10.7. The molecule has 0 saturated carbocycles. The van der Waals surface area contributed by atoms with Gasteiger partial charge in [-0.15, -0.1) is 0 Å². The van der Waals surface area contributed by atoms with E-state index in [1.807, 2.05) is 12.1 Å². The molecule has 0 aliphatic carbocycles. The Morgan fingerprint density at radius 2 is 1.76 bits per heavy atom. The molecule has 1 atom stereocenters. The SMILES string of the molecule is CC(C)(SC1=NC(C(=O)COc2ccc(-c3ccc(F)cc3)cc2)CS1)C(=O)O. The van der Waals surface area contributed by atoms with Crippen molar-refractivity contribution in [3.05, 3.63) is 54.3 Å². The Bertz CT molecular complexity index is 927. The average molecular weight is 434 g/mol. The van der Waals surface area contributed by atoms with Gasteiger partial charge in [0.1, 0.15) is 33.3 Å². The number of nitrogens with zero attached hydrogens (tertiary/aromatic N) is 1. The van der Waals surface area contributed by atoms with Gasteiger partial charge in [-0.3, -0.25) is 14.6 Å². The number of hydrogen-bond acceptors (Lipinski definition) is 6. The molecule has 0 spiro atoms. The van der Waals surface area contributed by atoms with Crippen molar-refractivity contribution in [1.82, 2.24) is 0 Å². The van der Waals surface area contributed by atoms with Gasteiger partial charge in [-0.2, -0.15) is 0 Å². The molecular formula is C21H20FNO4S2. The molecule has 8 heteroatoms. The third kappa shape index (κ3) is 5.61. The lowest BCUT2D eigenvalue weighted by Crippen LogP contribution is -2.28. The van der Waals surface area contributed by atoms with Gasteiger partial charge in [-0.05, 0) is 49.2 Å². The van der Waals surface area contributed by atoms with E-state index in [2.05, 4.69) is 4.99 Å². The van der Waals surface area contributed by atoms with Crippen LogP contribution in [-0.2, 0) is 9.59 Å². The highest BCUT2D eigenvalue weighted by Gasteiger charge is 2.34. The fourth-order valence-electron chi connectivity index (χ4n) is 2.47. The normalized spacial score (nSPS) is 16.4. The second-order valence-electron chi connectivity index (χ2n) is 6.93. The lowest BCUT2D eigenvalue weighted by atomic mass is 10.1. The molecule has 3 rings (SSSR count). The van der Waals surface area contributed by atoms with Crippen molar-refractivity contribution in [2.24, 2.45) is 4.99 Å². The summed E-state index contributed by atoms with van der Waals surface area (Å²) in [5, 5.41) is 9.20. The van der Waals surface area contributed by atoms with Gasteiger partial charge in [0.25, 0.3) is 0 Å². The minimum Gasteiger partial charge on any atom is -0.486 e. The van der Waals surface area contributed by atoms with Crippen molar-refractivity contribution in [3.63, 3.8) is 0 Å². The number of aliphatic carboxylic acids is 1. The third-order valence-electron chi connectivity index (χ3n) is 4.27. The van der Waals surface area contributed by atoms with Crippen molar-refractivity contribution < 1.29 is 23.8 Å². The number of aliphatic imine (C=N–C) groups is 1. The average Bonchev–Trinajstić information content (AvgIpc) is 3.15. The first kappa shape index (κ1) is 21.4. The number of ether oxygens (including phenoxy) is 1. The van der Waals surface area contributed by atoms with Crippen molar-refractivity contribution in [2.75, 3.05) is 12.4 Å². The van der Waals surface area contributed by atoms with E-state index in [-0.39, 0.29) is 18.2 Å². The predicted octanol–water partition coefficient (Wildman–Crippen LogP) is 4.51. The van der Waals surface area contributed by atoms with Gasteiger partial charge >= 0.3 is 5.97 Å². The van der Waals surface area contributed by atoms with Gasteiger partial charge in [-0.25, -0.2) is 4.39 Å². The van der Waals surface area contributed by atoms with E-state index in [1.165, 1.54) is 23.9 Å². The zero-order chi connectivity index (χ0) is 21.0. The number of carboxylic acids is 1. The highest BCUT2D eigenvalue weighted by molar-refractivity contribution is 8.39. The van der Waals surface area contributed by atoms with Crippen LogP contribution in [0.15, 0.2) is 53.5 Å². The number of benzene rings is 2. The Morgan fingerprint density at radius 3 is 2.34 bits per heavy atom. The zero-order valence-corrected chi connectivity index (χ0v) is 17.6. The number of thioether (sulfide) groups is 2. The molecule has 0 saturated heterocycles. The molecular weight excluding hydrogens is 413 g/mol. The molecule has 5 nitrogen and oxygen atoms in total. The number of ketones is 1. The van der Waals surface area contributed by atoms with E-state index in [0.717, 1.165) is 22.9 Å². The second kappa shape index (κ2) is 9.00. The van der Waals surface area contributed by atoms with Crippen LogP contribution in [0.2, 0.25) is 0 Å². The van der Waals surface area contributed by atoms with Gasteiger partial charge < -0.3 is 9.84 Å². The molecule has 29 heavy (non-hydrogen) atoms. The van der Waals surface area contributed by atoms with E-state index in [0.29, 0.717) is 15.9 Å². The number of carboxylic acid groups (broad SMARTS) is 1. The molecule has 2 aromatic rings. The Labute approximate surface area is 176 Å². The van der Waals surface area contributed by atoms with Gasteiger partial charge in [0.05, 0.1) is 0 Å². The monoisotopic (exact) mass is 433 g/mol. The molecule has 1 N–H and O–H groups in total. The molecule has 0 aromatic heterocycles. The van der Waals surface area contributed by atoms with Crippen LogP contribution in [-0.4, -0.2) is 44.4 Å². The maximum Gasteiger partial charge on any atom is 0.319 e. The second-order valence-corrected chi connectivity index (χ2v) is 9.80. The summed E-state index contributed by atoms with van der Waals surface area (Å²) in [6.07, 6.45) is 0. The molecule has 2 aromatic carbocycles. The lowest BCUT2D eigenvalue weighted by Gasteiger charge is -2.17. The summed E-state index contributed by atoms with van der Waals surface area (Å²) in [7, 11) is 0. The maximum atomic E-state index is 13.0. The standard InChI is InChI=1S/C21H20FNO4S2/c1-21(2,19(25)26)29-20-23-17(12-28-20)18(24)11-27-16-9-5-14(6-10-16)13-3-7-15(22)8-4-13/h3-10,17H,11-12H2,1-2H3,(H,25,26). The summed E-state index contributed by atoms with van der Waals surface area (Å²) in [4.78, 5) is 27.9. The van der Waals surface area contributed by atoms with Crippen molar-refractivity contribution >= 4 is 39.7 Å². The largest absolute Gasteiger partial charge is 0.486 e. The quantitative estimate of drug-likeness (QED) is 0.693. The molecule has 0 radical (unpaired) electrons. The van der Waals surface area contributed by atoms with Gasteiger partial charge in [0, 0.05) is 5.75 Å². The van der Waals surface area contributed by atoms with Crippen molar-refractivity contribution in [2.45, 2.75) is 24.6 Å². The predicted molar refractivity (Wildman–Crippen MR) is 115 cm³/mol. The minimum absolute atomic E-state index is 0.106. The van der Waals surface area contributed by atoms with Crippen LogP contribution in [0.25, 0.3) is 11.1 Å². The first-order valence-electron chi connectivity index (χ1n) is 8.89. The molecule has 1 unspecified atom stereocenters. The van der Waals surface area contributed by atoms with Crippen molar-refractivity contribution in [1.29, 1.82) is 0 Å². The van der Waals surface area contributed by atoms with E-state index >= 15 is 0 Å². The Kier molecular flexibility index (Phi) is 6.64. The van der Waals surface area contributed by atoms with E-state index in [9.17, 15) is 19.1 Å². The summed E-state index contributed by atoms with van der Waals surface area (Å²) in [6.45, 7) is 3.11. The number of Topliss-reactive ketones (excluding diaryl/α,β-unsaturated/α-hetero) is 1. The summed E-state index contributed by atoms with van der Waals surface area (Å²) >= 11 is 2.54. The molecule has 0 fully saturated rings. The molecule has 0 amide bonds. The molecule has 152 valence electrons. The van der Waals surface area contributed by atoms with Crippen LogP contribution < -0.4 is 4.74 Å². The van der Waals surface area contributed by atoms with Crippen molar-refractivity contribution in [3.8, 4) is 16.9 Å². The first-order chi connectivity index (χ1) is 13.7. The Morgan fingerprint density at radius 1 is 1.17 bits per heavy atom. The molecule has 1 heterocycles. The Balaban J connectivity index is 1.54. The van der Waals surface area contributed by atoms with E-state index in [4.69, 9.17) is 4.74 Å².